The summed E-state index contributed by atoms with van der Waals surface area (Å²) in [7, 11) is 0. The Hall–Kier alpha value is -7.48. The fourth-order valence-corrected chi connectivity index (χ4v) is 11.6. The summed E-state index contributed by atoms with van der Waals surface area (Å²) in [5.74, 6) is 3.25. The van der Waals surface area contributed by atoms with Crippen LogP contribution in [-0.4, -0.2) is 105 Å². The van der Waals surface area contributed by atoms with Crippen LogP contribution in [0.5, 0.6) is 0 Å². The van der Waals surface area contributed by atoms with E-state index >= 15 is 0 Å². The minimum absolute atomic E-state index is 0.211. The second-order valence-corrected chi connectivity index (χ2v) is 19.3. The second kappa shape index (κ2) is 20.8. The van der Waals surface area contributed by atoms with E-state index in [1.54, 1.807) is 0 Å². The molecule has 74 heavy (non-hydrogen) atoms. The van der Waals surface area contributed by atoms with Crippen LogP contribution in [-0.2, 0) is 18.9 Å². The smallest absolute Gasteiger partial charge is 0.143 e. The first kappa shape index (κ1) is 46.3. The average molecular weight is 989 g/mol. The number of ether oxygens (including phenoxy) is 4. The molecule has 10 aromatic rings. The molecule has 0 amide bonds. The van der Waals surface area contributed by atoms with Crippen molar-refractivity contribution in [3.63, 3.8) is 0 Å². The molecule has 4 fully saturated rings. The van der Waals surface area contributed by atoms with Gasteiger partial charge in [0.25, 0.3) is 0 Å². The number of fused-ring (bicyclic) bond motifs is 4. The molecule has 0 radical (unpaired) electrons. The van der Waals surface area contributed by atoms with E-state index in [1.165, 1.54) is 0 Å². The molecule has 0 bridgehead atoms. The van der Waals surface area contributed by atoms with Crippen LogP contribution in [0.15, 0.2) is 175 Å². The van der Waals surface area contributed by atoms with E-state index in [9.17, 15) is 0 Å². The monoisotopic (exact) mass is 988 g/mol. The minimum Gasteiger partial charge on any atom is -0.458 e. The van der Waals surface area contributed by atoms with Gasteiger partial charge in [-0.25, -0.2) is 0 Å². The van der Waals surface area contributed by atoms with Crippen LogP contribution in [0.3, 0.4) is 0 Å². The Morgan fingerprint density at radius 1 is 0.257 bits per heavy atom. The summed E-state index contributed by atoms with van der Waals surface area (Å²) >= 11 is 0. The molecule has 0 unspecified atom stereocenters. The number of furan rings is 4. The highest BCUT2D eigenvalue weighted by molar-refractivity contribution is 5.98. The van der Waals surface area contributed by atoms with Gasteiger partial charge in [-0.15, -0.1) is 0 Å². The van der Waals surface area contributed by atoms with Crippen LogP contribution in [0.2, 0.25) is 0 Å². The summed E-state index contributed by atoms with van der Waals surface area (Å²) in [4.78, 5) is 9.66. The summed E-state index contributed by atoms with van der Waals surface area (Å²) in [5, 5.41) is 4.52. The van der Waals surface area contributed by atoms with Crippen molar-refractivity contribution in [3.8, 4) is 0 Å². The third-order valence-electron chi connectivity index (χ3n) is 15.0. The van der Waals surface area contributed by atoms with Gasteiger partial charge >= 0.3 is 0 Å². The van der Waals surface area contributed by atoms with E-state index in [-0.39, 0.29) is 11.8 Å². The van der Waals surface area contributed by atoms with Gasteiger partial charge in [-0.3, -0.25) is 0 Å². The Labute approximate surface area is 430 Å². The lowest BCUT2D eigenvalue weighted by Gasteiger charge is -2.32. The zero-order valence-corrected chi connectivity index (χ0v) is 41.5. The second-order valence-electron chi connectivity index (χ2n) is 19.3. The highest BCUT2D eigenvalue weighted by atomic mass is 16.5. The predicted molar refractivity (Wildman–Crippen MR) is 292 cm³/mol. The van der Waals surface area contributed by atoms with Crippen LogP contribution in [0, 0.1) is 0 Å². The van der Waals surface area contributed by atoms with Crippen LogP contribution in [0.25, 0.3) is 43.9 Å². The maximum absolute atomic E-state index is 6.78. The van der Waals surface area contributed by atoms with Crippen LogP contribution in [0.1, 0.15) is 46.0 Å². The van der Waals surface area contributed by atoms with Crippen LogP contribution in [0.4, 0.5) is 22.7 Å². The summed E-state index contributed by atoms with van der Waals surface area (Å²) < 4.78 is 49.9. The lowest BCUT2D eigenvalue weighted by atomic mass is 9.90. The molecule has 14 rings (SSSR count). The molecule has 4 aliphatic rings. The van der Waals surface area contributed by atoms with Crippen molar-refractivity contribution in [1.29, 1.82) is 0 Å². The largest absolute Gasteiger partial charge is 0.458 e. The standard InChI is InChI=1S/2C31H30N2O4/c2*1-2-8-22(9-3-1)27(30-28(32-14-18-34-19-15-32)23-10-4-6-12-25(23)36-30)31-29(33-16-20-35-21-17-33)24-11-5-7-13-26(24)37-31/h2*1-13,27H,14-21H2. The number of hydrogen-bond donors (Lipinski definition) is 0. The summed E-state index contributed by atoms with van der Waals surface area (Å²) in [6, 6.07) is 54.6. The van der Waals surface area contributed by atoms with Gasteiger partial charge in [-0.1, -0.05) is 109 Å². The van der Waals surface area contributed by atoms with E-state index in [1.807, 2.05) is 24.3 Å². The molecule has 0 saturated carbocycles. The molecule has 8 heterocycles. The quantitative estimate of drug-likeness (QED) is 0.130. The molecule has 0 N–H and O–H groups in total. The number of rotatable bonds is 10. The SMILES string of the molecule is c1ccc(C(c2oc3ccccc3c2N2CCOCC2)c2oc3ccccc3c2N2CCOCC2)cc1.c1ccc(C(c2oc3ccccc3c2N2CCOCC2)c2oc3ccccc3c2N2CCOCC2)cc1. The third-order valence-corrected chi connectivity index (χ3v) is 15.0. The Morgan fingerprint density at radius 2 is 0.473 bits per heavy atom. The molecular weight excluding hydrogens is 929 g/mol. The topological polar surface area (TPSA) is 102 Å². The molecule has 4 aliphatic heterocycles. The number of para-hydroxylation sites is 4. The van der Waals surface area contributed by atoms with Crippen molar-refractivity contribution in [2.24, 2.45) is 0 Å². The zero-order chi connectivity index (χ0) is 49.2. The highest BCUT2D eigenvalue weighted by Gasteiger charge is 2.38. The number of anilines is 4. The lowest BCUT2D eigenvalue weighted by Crippen LogP contribution is -2.37. The molecule has 4 saturated heterocycles. The number of morpholine rings is 4. The average Bonchev–Trinajstić information content (AvgIpc) is 4.27. The fraction of sp³-hybridized carbons (Fsp3) is 0.290. The summed E-state index contributed by atoms with van der Waals surface area (Å²) in [6.45, 7) is 12.3. The van der Waals surface area contributed by atoms with Gasteiger partial charge in [0.05, 0.1) is 75.6 Å². The first-order valence-corrected chi connectivity index (χ1v) is 26.2. The number of nitrogens with zero attached hydrogens (tertiary/aromatic N) is 4. The fourth-order valence-electron chi connectivity index (χ4n) is 11.6. The van der Waals surface area contributed by atoms with E-state index in [2.05, 4.69) is 153 Å². The van der Waals surface area contributed by atoms with Gasteiger partial charge in [0.1, 0.15) is 57.2 Å². The van der Waals surface area contributed by atoms with Crippen molar-refractivity contribution in [2.75, 3.05) is 125 Å². The molecule has 12 nitrogen and oxygen atoms in total. The predicted octanol–water partition coefficient (Wildman–Crippen LogP) is 12.1. The first-order valence-electron chi connectivity index (χ1n) is 26.2. The van der Waals surface area contributed by atoms with E-state index in [4.69, 9.17) is 36.6 Å². The molecular formula is C62H60N4O8. The van der Waals surface area contributed by atoms with Gasteiger partial charge in [0.15, 0.2) is 0 Å². The minimum atomic E-state index is -0.211. The van der Waals surface area contributed by atoms with Crippen molar-refractivity contribution in [2.45, 2.75) is 11.8 Å². The molecule has 0 spiro atoms. The van der Waals surface area contributed by atoms with Gasteiger partial charge in [0, 0.05) is 73.9 Å². The number of hydrogen-bond acceptors (Lipinski definition) is 12. The zero-order valence-electron chi connectivity index (χ0n) is 41.5. The van der Waals surface area contributed by atoms with Crippen LogP contribution >= 0.6 is 0 Å². The van der Waals surface area contributed by atoms with Crippen molar-refractivity contribution in [1.82, 2.24) is 0 Å². The van der Waals surface area contributed by atoms with Crippen LogP contribution < -0.4 is 19.6 Å². The normalized spacial score (nSPS) is 16.8. The Balaban J connectivity index is 0.000000143. The summed E-state index contributed by atoms with van der Waals surface area (Å²) in [6.07, 6.45) is 0. The van der Waals surface area contributed by atoms with E-state index in [0.717, 1.165) is 153 Å². The summed E-state index contributed by atoms with van der Waals surface area (Å²) in [5.41, 5.74) is 10.4. The van der Waals surface area contributed by atoms with Gasteiger partial charge in [-0.2, -0.15) is 0 Å². The maximum Gasteiger partial charge on any atom is 0.143 e. The molecule has 4 aromatic heterocycles. The van der Waals surface area contributed by atoms with Gasteiger partial charge < -0.3 is 56.2 Å². The Kier molecular flexibility index (Phi) is 13.0. The van der Waals surface area contributed by atoms with Gasteiger partial charge in [-0.05, 0) is 59.7 Å². The number of benzene rings is 6. The third kappa shape index (κ3) is 8.75. The Morgan fingerprint density at radius 3 is 0.716 bits per heavy atom. The molecule has 12 heteroatoms. The van der Waals surface area contributed by atoms with Crippen molar-refractivity contribution < 1.29 is 36.6 Å². The highest BCUT2D eigenvalue weighted by Crippen LogP contribution is 2.51. The molecule has 0 atom stereocenters. The van der Waals surface area contributed by atoms with E-state index < -0.39 is 0 Å². The van der Waals surface area contributed by atoms with Crippen molar-refractivity contribution in [3.05, 3.63) is 192 Å². The van der Waals surface area contributed by atoms with Gasteiger partial charge in [0.2, 0.25) is 0 Å². The maximum atomic E-state index is 6.78. The van der Waals surface area contributed by atoms with E-state index in [0.29, 0.717) is 52.9 Å². The molecule has 6 aromatic carbocycles. The Bertz CT molecular complexity index is 3060. The van der Waals surface area contributed by atoms with Crippen molar-refractivity contribution >= 4 is 66.6 Å². The first-order chi connectivity index (χ1) is 36.8. The molecule has 376 valence electrons. The lowest BCUT2D eigenvalue weighted by molar-refractivity contribution is 0.122. The molecule has 0 aliphatic carbocycles.